The number of rotatable bonds is 2. The van der Waals surface area contributed by atoms with Gasteiger partial charge in [0.2, 0.25) is 5.82 Å². The highest BCUT2D eigenvalue weighted by Gasteiger charge is 2.45. The molecule has 27 heavy (non-hydrogen) atoms. The zero-order valence-electron chi connectivity index (χ0n) is 14.8. The van der Waals surface area contributed by atoms with Crippen LogP contribution in [0, 0.1) is 29.1 Å². The number of carbonyl (C=O) groups is 2. The average molecular weight is 394 g/mol. The third kappa shape index (κ3) is 3.70. The molecule has 0 saturated carbocycles. The first-order chi connectivity index (χ1) is 12.3. The lowest BCUT2D eigenvalue weighted by atomic mass is 9.72. The molecule has 1 aliphatic heterocycles. The lowest BCUT2D eigenvalue weighted by Crippen LogP contribution is -2.55. The zero-order chi connectivity index (χ0) is 20.7. The fourth-order valence-corrected chi connectivity index (χ4v) is 2.98. The number of hydrogen-bond donors (Lipinski definition) is 0. The SMILES string of the molecule is CC(C)(C)OC(=O)N1CCC(C(=O)[O-])(c2c(F)c(F)c(F)c(F)c2F)CC1. The van der Waals surface area contributed by atoms with Crippen LogP contribution in [0.25, 0.3) is 0 Å². The Morgan fingerprint density at radius 1 is 0.926 bits per heavy atom. The molecule has 0 radical (unpaired) electrons. The maximum absolute atomic E-state index is 14.2. The predicted octanol–water partition coefficient (Wildman–Crippen LogP) is 2.40. The Bertz CT molecular complexity index is 754. The van der Waals surface area contributed by atoms with Crippen LogP contribution < -0.4 is 5.11 Å². The number of benzene rings is 1. The van der Waals surface area contributed by atoms with Gasteiger partial charge in [0.1, 0.15) is 5.60 Å². The van der Waals surface area contributed by atoms with Crippen molar-refractivity contribution in [3.8, 4) is 0 Å². The molecule has 1 amide bonds. The molecule has 150 valence electrons. The Morgan fingerprint density at radius 3 is 1.70 bits per heavy atom. The summed E-state index contributed by atoms with van der Waals surface area (Å²) in [6.07, 6.45) is -1.99. The highest BCUT2D eigenvalue weighted by atomic mass is 19.2. The lowest BCUT2D eigenvalue weighted by molar-refractivity contribution is -0.315. The highest BCUT2D eigenvalue weighted by Crippen LogP contribution is 2.40. The fraction of sp³-hybridized carbons (Fsp3) is 0.529. The Balaban J connectivity index is 2.41. The number of carboxylic acid groups (broad SMARTS) is 1. The van der Waals surface area contributed by atoms with Gasteiger partial charge in [-0.15, -0.1) is 0 Å². The first-order valence-corrected chi connectivity index (χ1v) is 8.03. The summed E-state index contributed by atoms with van der Waals surface area (Å²) in [5.74, 6) is -13.3. The van der Waals surface area contributed by atoms with Crippen molar-refractivity contribution >= 4 is 12.1 Å². The molecule has 1 aliphatic rings. The summed E-state index contributed by atoms with van der Waals surface area (Å²) in [5, 5.41) is 11.7. The third-order valence-electron chi connectivity index (χ3n) is 4.35. The molecule has 1 aromatic carbocycles. The number of piperidine rings is 1. The van der Waals surface area contributed by atoms with Gasteiger partial charge in [0.05, 0.1) is 5.97 Å². The van der Waals surface area contributed by atoms with Crippen LogP contribution in [0.1, 0.15) is 39.2 Å². The minimum atomic E-state index is -2.47. The smallest absolute Gasteiger partial charge is 0.410 e. The summed E-state index contributed by atoms with van der Waals surface area (Å²) in [7, 11) is 0. The number of ether oxygens (including phenoxy) is 1. The second-order valence-electron chi connectivity index (χ2n) is 7.28. The number of nitrogens with zero attached hydrogens (tertiary/aromatic N) is 1. The van der Waals surface area contributed by atoms with E-state index in [0.717, 1.165) is 4.90 Å². The van der Waals surface area contributed by atoms with Crippen molar-refractivity contribution in [3.63, 3.8) is 0 Å². The monoisotopic (exact) mass is 394 g/mol. The van der Waals surface area contributed by atoms with E-state index in [4.69, 9.17) is 4.74 Å². The van der Waals surface area contributed by atoms with Gasteiger partial charge in [-0.05, 0) is 33.6 Å². The zero-order valence-corrected chi connectivity index (χ0v) is 14.8. The van der Waals surface area contributed by atoms with Crippen molar-refractivity contribution in [2.45, 2.75) is 44.6 Å². The van der Waals surface area contributed by atoms with Crippen molar-refractivity contribution in [3.05, 3.63) is 34.6 Å². The van der Waals surface area contributed by atoms with Gasteiger partial charge in [-0.3, -0.25) is 0 Å². The van der Waals surface area contributed by atoms with E-state index in [1.807, 2.05) is 0 Å². The molecular formula is C17H17F5NO4-. The molecule has 1 aromatic rings. The Morgan fingerprint density at radius 2 is 1.33 bits per heavy atom. The standard InChI is InChI=1S/C17H18F5NO4/c1-16(2,3)27-15(26)23-6-4-17(5-7-23,14(24)25)8-9(18)11(20)13(22)12(21)10(8)19/h4-7H2,1-3H3,(H,24,25)/p-1. The normalized spacial score (nSPS) is 17.0. The molecular weight excluding hydrogens is 377 g/mol. The Hall–Kier alpha value is -2.39. The second kappa shape index (κ2) is 6.97. The van der Waals surface area contributed by atoms with Gasteiger partial charge < -0.3 is 19.5 Å². The molecule has 0 aliphatic carbocycles. The molecule has 10 heteroatoms. The molecule has 1 saturated heterocycles. The van der Waals surface area contributed by atoms with Gasteiger partial charge in [-0.25, -0.2) is 26.7 Å². The molecule has 0 spiro atoms. The molecule has 0 unspecified atom stereocenters. The Labute approximate surface area is 151 Å². The van der Waals surface area contributed by atoms with Gasteiger partial charge in [0, 0.05) is 24.1 Å². The number of carbonyl (C=O) groups excluding carboxylic acids is 2. The summed E-state index contributed by atoms with van der Waals surface area (Å²) in [5.41, 5.74) is -4.76. The summed E-state index contributed by atoms with van der Waals surface area (Å²) in [4.78, 5) is 24.8. The lowest BCUT2D eigenvalue weighted by Gasteiger charge is -2.43. The van der Waals surface area contributed by atoms with Crippen molar-refractivity contribution in [1.29, 1.82) is 0 Å². The minimum absolute atomic E-state index is 0.331. The first-order valence-electron chi connectivity index (χ1n) is 8.03. The summed E-state index contributed by atoms with van der Waals surface area (Å²) >= 11 is 0. The van der Waals surface area contributed by atoms with E-state index in [0.29, 0.717) is 0 Å². The molecule has 0 aromatic heterocycles. The predicted molar refractivity (Wildman–Crippen MR) is 80.0 cm³/mol. The van der Waals surface area contributed by atoms with Crippen LogP contribution in [0.4, 0.5) is 26.7 Å². The van der Waals surface area contributed by atoms with E-state index in [-0.39, 0.29) is 13.1 Å². The number of halogens is 5. The number of carboxylic acids is 1. The van der Waals surface area contributed by atoms with Crippen LogP contribution in [-0.2, 0) is 14.9 Å². The molecule has 1 heterocycles. The minimum Gasteiger partial charge on any atom is -0.549 e. The maximum atomic E-state index is 14.2. The van der Waals surface area contributed by atoms with Crippen molar-refractivity contribution in [1.82, 2.24) is 4.90 Å². The summed E-state index contributed by atoms with van der Waals surface area (Å²) < 4.78 is 73.7. The number of hydrogen-bond acceptors (Lipinski definition) is 4. The van der Waals surface area contributed by atoms with Gasteiger partial charge in [-0.1, -0.05) is 0 Å². The summed E-state index contributed by atoms with van der Waals surface area (Å²) in [6.45, 7) is 4.16. The second-order valence-corrected chi connectivity index (χ2v) is 7.28. The van der Waals surface area contributed by atoms with Crippen molar-refractivity contribution < 1.29 is 41.4 Å². The quantitative estimate of drug-likeness (QED) is 0.439. The van der Waals surface area contributed by atoms with Gasteiger partial charge in [-0.2, -0.15) is 0 Å². The van der Waals surface area contributed by atoms with E-state index in [9.17, 15) is 36.6 Å². The van der Waals surface area contributed by atoms with Crippen molar-refractivity contribution in [2.24, 2.45) is 0 Å². The topological polar surface area (TPSA) is 69.7 Å². The average Bonchev–Trinajstić information content (AvgIpc) is 2.57. The fourth-order valence-electron chi connectivity index (χ4n) is 2.98. The van der Waals surface area contributed by atoms with Crippen LogP contribution in [0.5, 0.6) is 0 Å². The molecule has 5 nitrogen and oxygen atoms in total. The molecule has 0 N–H and O–H groups in total. The van der Waals surface area contributed by atoms with Gasteiger partial charge >= 0.3 is 6.09 Å². The van der Waals surface area contributed by atoms with E-state index in [2.05, 4.69) is 0 Å². The molecule has 0 atom stereocenters. The highest BCUT2D eigenvalue weighted by molar-refractivity contribution is 5.80. The van der Waals surface area contributed by atoms with Crippen LogP contribution in [0.15, 0.2) is 0 Å². The van der Waals surface area contributed by atoms with Crippen LogP contribution >= 0.6 is 0 Å². The van der Waals surface area contributed by atoms with E-state index >= 15 is 0 Å². The van der Waals surface area contributed by atoms with Gasteiger partial charge in [0.15, 0.2) is 23.3 Å². The molecule has 2 rings (SSSR count). The number of amides is 1. The number of aliphatic carboxylic acids is 1. The van der Waals surface area contributed by atoms with Crippen molar-refractivity contribution in [2.75, 3.05) is 13.1 Å². The maximum Gasteiger partial charge on any atom is 0.410 e. The summed E-state index contributed by atoms with van der Waals surface area (Å²) in [6, 6.07) is 0. The largest absolute Gasteiger partial charge is 0.549 e. The van der Waals surface area contributed by atoms with Crippen LogP contribution in [0.3, 0.4) is 0 Å². The van der Waals surface area contributed by atoms with Crippen LogP contribution in [-0.4, -0.2) is 35.7 Å². The first kappa shape index (κ1) is 20.9. The molecule has 1 fully saturated rings. The van der Waals surface area contributed by atoms with E-state index < -0.39 is 70.6 Å². The van der Waals surface area contributed by atoms with E-state index in [1.54, 1.807) is 20.8 Å². The number of likely N-dealkylation sites (tertiary alicyclic amines) is 1. The third-order valence-corrected chi connectivity index (χ3v) is 4.35. The van der Waals surface area contributed by atoms with E-state index in [1.165, 1.54) is 0 Å². The van der Waals surface area contributed by atoms with Gasteiger partial charge in [0.25, 0.3) is 0 Å². The Kier molecular flexibility index (Phi) is 5.40. The van der Waals surface area contributed by atoms with Crippen LogP contribution in [0.2, 0.25) is 0 Å². The molecule has 0 bridgehead atoms.